The predicted molar refractivity (Wildman–Crippen MR) is 72.3 cm³/mol. The van der Waals surface area contributed by atoms with Crippen molar-refractivity contribution < 1.29 is 18.3 Å². The second kappa shape index (κ2) is 5.06. The molecule has 1 aliphatic carbocycles. The van der Waals surface area contributed by atoms with E-state index in [0.717, 1.165) is 25.0 Å². The number of alkyl halides is 3. The molecule has 0 radical (unpaired) electrons. The first-order valence-corrected chi connectivity index (χ1v) is 7.05. The van der Waals surface area contributed by atoms with Gasteiger partial charge in [0.05, 0.1) is 11.2 Å². The molecule has 1 aliphatic rings. The van der Waals surface area contributed by atoms with Gasteiger partial charge in [-0.25, -0.2) is 0 Å². The Hall–Kier alpha value is -1.03. The topological polar surface area (TPSA) is 20.2 Å². The lowest BCUT2D eigenvalue weighted by Crippen LogP contribution is -2.39. The number of hydrogen-bond donors (Lipinski definition) is 1. The van der Waals surface area contributed by atoms with Crippen molar-refractivity contribution in [1.82, 2.24) is 0 Å². The van der Waals surface area contributed by atoms with E-state index in [1.54, 1.807) is 6.92 Å². The summed E-state index contributed by atoms with van der Waals surface area (Å²) in [6.07, 6.45) is -1.76. The molecule has 2 rings (SSSR count). The Bertz CT molecular complexity index is 495. The summed E-state index contributed by atoms with van der Waals surface area (Å²) < 4.78 is 38.1. The van der Waals surface area contributed by atoms with Crippen LogP contribution < -0.4 is 0 Å². The van der Waals surface area contributed by atoms with E-state index in [4.69, 9.17) is 0 Å². The summed E-state index contributed by atoms with van der Waals surface area (Å²) in [6, 6.07) is 3.66. The summed E-state index contributed by atoms with van der Waals surface area (Å²) >= 11 is 0. The monoisotopic (exact) mass is 286 g/mol. The standard InChI is InChI=1S/C16H21F3O/c1-10-4-5-12(3)15(20,9-10)14-7-6-13(8-11(14)2)16(17,18)19/h6-8,10,12,20H,4-5,9H2,1-3H3. The van der Waals surface area contributed by atoms with Crippen molar-refractivity contribution in [2.75, 3.05) is 0 Å². The van der Waals surface area contributed by atoms with Gasteiger partial charge in [0, 0.05) is 0 Å². The van der Waals surface area contributed by atoms with Crippen molar-refractivity contribution in [3.05, 3.63) is 34.9 Å². The molecule has 0 heterocycles. The summed E-state index contributed by atoms with van der Waals surface area (Å²) in [4.78, 5) is 0. The number of aliphatic hydroxyl groups is 1. The van der Waals surface area contributed by atoms with E-state index < -0.39 is 17.3 Å². The number of benzene rings is 1. The van der Waals surface area contributed by atoms with Crippen LogP contribution in [0.2, 0.25) is 0 Å². The van der Waals surface area contributed by atoms with Crippen molar-refractivity contribution in [3.63, 3.8) is 0 Å². The predicted octanol–water partition coefficient (Wildman–Crippen LogP) is 4.66. The van der Waals surface area contributed by atoms with E-state index >= 15 is 0 Å². The summed E-state index contributed by atoms with van der Waals surface area (Å²) in [5.74, 6) is 0.451. The van der Waals surface area contributed by atoms with Gasteiger partial charge in [0.25, 0.3) is 0 Å². The molecule has 1 nitrogen and oxygen atoms in total. The Morgan fingerprint density at radius 2 is 1.85 bits per heavy atom. The second-order valence-corrected chi connectivity index (χ2v) is 6.24. The van der Waals surface area contributed by atoms with E-state index in [-0.39, 0.29) is 5.92 Å². The van der Waals surface area contributed by atoms with Gasteiger partial charge in [0.15, 0.2) is 0 Å². The molecular formula is C16H21F3O. The van der Waals surface area contributed by atoms with Crippen molar-refractivity contribution in [2.24, 2.45) is 11.8 Å². The Labute approximate surface area is 117 Å². The SMILES string of the molecule is Cc1cc(C(F)(F)F)ccc1C1(O)CC(C)CCC1C. The van der Waals surface area contributed by atoms with Crippen LogP contribution in [0.3, 0.4) is 0 Å². The van der Waals surface area contributed by atoms with E-state index in [1.807, 2.05) is 6.92 Å². The number of hydrogen-bond acceptors (Lipinski definition) is 1. The van der Waals surface area contributed by atoms with Gasteiger partial charge in [-0.15, -0.1) is 0 Å². The van der Waals surface area contributed by atoms with Crippen LogP contribution >= 0.6 is 0 Å². The molecule has 112 valence electrons. The van der Waals surface area contributed by atoms with Gasteiger partial charge >= 0.3 is 6.18 Å². The van der Waals surface area contributed by atoms with E-state index in [0.29, 0.717) is 23.5 Å². The van der Waals surface area contributed by atoms with Crippen molar-refractivity contribution in [1.29, 1.82) is 0 Å². The average Bonchev–Trinajstić information content (AvgIpc) is 2.33. The maximum absolute atomic E-state index is 12.7. The molecule has 0 bridgehead atoms. The minimum Gasteiger partial charge on any atom is -0.385 e. The maximum Gasteiger partial charge on any atom is 0.416 e. The lowest BCUT2D eigenvalue weighted by molar-refractivity contribution is -0.137. The molecule has 0 aromatic heterocycles. The van der Waals surface area contributed by atoms with Crippen LogP contribution in [0.15, 0.2) is 18.2 Å². The van der Waals surface area contributed by atoms with Crippen molar-refractivity contribution in [2.45, 2.75) is 51.8 Å². The van der Waals surface area contributed by atoms with E-state index in [9.17, 15) is 18.3 Å². The fourth-order valence-electron chi connectivity index (χ4n) is 3.31. The van der Waals surface area contributed by atoms with Gasteiger partial charge in [-0.1, -0.05) is 26.3 Å². The molecule has 0 spiro atoms. The van der Waals surface area contributed by atoms with E-state index in [2.05, 4.69) is 6.92 Å². The highest BCUT2D eigenvalue weighted by Crippen LogP contribution is 2.45. The molecule has 20 heavy (non-hydrogen) atoms. The molecule has 3 atom stereocenters. The van der Waals surface area contributed by atoms with Crippen LogP contribution in [0.4, 0.5) is 13.2 Å². The fourth-order valence-corrected chi connectivity index (χ4v) is 3.31. The Morgan fingerprint density at radius 3 is 2.40 bits per heavy atom. The summed E-state index contributed by atoms with van der Waals surface area (Å²) in [5, 5.41) is 11.0. The fraction of sp³-hybridized carbons (Fsp3) is 0.625. The van der Waals surface area contributed by atoms with Gasteiger partial charge in [-0.3, -0.25) is 0 Å². The van der Waals surface area contributed by atoms with Crippen LogP contribution in [-0.2, 0) is 11.8 Å². The maximum atomic E-state index is 12.7. The summed E-state index contributed by atoms with van der Waals surface area (Å²) in [6.45, 7) is 5.70. The molecule has 1 fully saturated rings. The normalized spacial score (nSPS) is 31.4. The molecule has 3 unspecified atom stereocenters. The van der Waals surface area contributed by atoms with Gasteiger partial charge in [0.1, 0.15) is 0 Å². The Balaban J connectivity index is 2.42. The van der Waals surface area contributed by atoms with Crippen LogP contribution in [0.25, 0.3) is 0 Å². The molecule has 1 N–H and O–H groups in total. The molecule has 0 aliphatic heterocycles. The Morgan fingerprint density at radius 1 is 1.20 bits per heavy atom. The molecule has 1 saturated carbocycles. The number of rotatable bonds is 1. The molecular weight excluding hydrogens is 265 g/mol. The third-order valence-corrected chi connectivity index (χ3v) is 4.59. The summed E-state index contributed by atoms with van der Waals surface area (Å²) in [5.41, 5.74) is -0.502. The van der Waals surface area contributed by atoms with E-state index in [1.165, 1.54) is 6.07 Å². The lowest BCUT2D eigenvalue weighted by Gasteiger charge is -2.42. The summed E-state index contributed by atoms with van der Waals surface area (Å²) in [7, 11) is 0. The van der Waals surface area contributed by atoms with Gasteiger partial charge < -0.3 is 5.11 Å². The lowest BCUT2D eigenvalue weighted by atomic mass is 9.68. The van der Waals surface area contributed by atoms with Crippen LogP contribution in [0.1, 0.15) is 49.8 Å². The van der Waals surface area contributed by atoms with Gasteiger partial charge in [-0.2, -0.15) is 13.2 Å². The minimum atomic E-state index is -4.34. The molecule has 1 aromatic carbocycles. The first kappa shape index (κ1) is 15.4. The zero-order valence-electron chi connectivity index (χ0n) is 12.1. The minimum absolute atomic E-state index is 0.0640. The number of aryl methyl sites for hydroxylation is 1. The first-order chi connectivity index (χ1) is 9.14. The smallest absolute Gasteiger partial charge is 0.385 e. The first-order valence-electron chi connectivity index (χ1n) is 7.05. The second-order valence-electron chi connectivity index (χ2n) is 6.24. The largest absolute Gasteiger partial charge is 0.416 e. The van der Waals surface area contributed by atoms with Crippen LogP contribution in [0.5, 0.6) is 0 Å². The van der Waals surface area contributed by atoms with Gasteiger partial charge in [0.2, 0.25) is 0 Å². The molecule has 0 amide bonds. The zero-order chi connectivity index (χ0) is 15.1. The van der Waals surface area contributed by atoms with Crippen molar-refractivity contribution in [3.8, 4) is 0 Å². The Kier molecular flexibility index (Phi) is 3.89. The number of halogens is 3. The molecule has 1 aromatic rings. The highest BCUT2D eigenvalue weighted by molar-refractivity contribution is 5.37. The highest BCUT2D eigenvalue weighted by atomic mass is 19.4. The van der Waals surface area contributed by atoms with Crippen LogP contribution in [-0.4, -0.2) is 5.11 Å². The van der Waals surface area contributed by atoms with Crippen molar-refractivity contribution >= 4 is 0 Å². The zero-order valence-corrected chi connectivity index (χ0v) is 12.1. The van der Waals surface area contributed by atoms with Crippen LogP contribution in [0, 0.1) is 18.8 Å². The average molecular weight is 286 g/mol. The van der Waals surface area contributed by atoms with Gasteiger partial charge in [-0.05, 0) is 54.9 Å². The third kappa shape index (κ3) is 2.71. The molecule has 0 saturated heterocycles. The molecule has 4 heteroatoms. The quantitative estimate of drug-likeness (QED) is 0.796. The third-order valence-electron chi connectivity index (χ3n) is 4.59. The highest BCUT2D eigenvalue weighted by Gasteiger charge is 2.41.